The minimum absolute atomic E-state index is 0.0840. The van der Waals surface area contributed by atoms with E-state index in [0.717, 1.165) is 11.1 Å². The van der Waals surface area contributed by atoms with Gasteiger partial charge in [0.2, 0.25) is 0 Å². The summed E-state index contributed by atoms with van der Waals surface area (Å²) in [6.45, 7) is 2.07. The minimum atomic E-state index is -0.0840. The van der Waals surface area contributed by atoms with Crippen LogP contribution < -0.4 is 5.73 Å². The number of nitrogens with zero attached hydrogens (tertiary/aromatic N) is 1. The Morgan fingerprint density at radius 3 is 2.40 bits per heavy atom. The van der Waals surface area contributed by atoms with Gasteiger partial charge >= 0.3 is 0 Å². The molecule has 1 unspecified atom stereocenters. The van der Waals surface area contributed by atoms with E-state index in [4.69, 9.17) is 5.73 Å². The van der Waals surface area contributed by atoms with E-state index < -0.39 is 0 Å². The largest absolute Gasteiger partial charge is 0.320 e. The average Bonchev–Trinajstić information content (AvgIpc) is 2.30. The molecule has 76 valence electrons. The lowest BCUT2D eigenvalue weighted by molar-refractivity contribution is 0.862. The SMILES string of the molecule is Cc1ccc(C(N)c2cccnc2)cc1. The normalized spacial score (nSPS) is 12.4. The highest BCUT2D eigenvalue weighted by Gasteiger charge is 2.07. The molecule has 0 saturated carbocycles. The lowest BCUT2D eigenvalue weighted by Crippen LogP contribution is -2.11. The number of pyridine rings is 1. The van der Waals surface area contributed by atoms with Crippen molar-refractivity contribution in [1.29, 1.82) is 0 Å². The maximum Gasteiger partial charge on any atom is 0.0566 e. The zero-order chi connectivity index (χ0) is 10.7. The van der Waals surface area contributed by atoms with E-state index in [2.05, 4.69) is 36.2 Å². The van der Waals surface area contributed by atoms with E-state index in [0.29, 0.717) is 0 Å². The number of aromatic nitrogens is 1. The Balaban J connectivity index is 2.29. The molecule has 0 fully saturated rings. The molecule has 2 rings (SSSR count). The lowest BCUT2D eigenvalue weighted by atomic mass is 10.0. The lowest BCUT2D eigenvalue weighted by Gasteiger charge is -2.11. The standard InChI is InChI=1S/C13H14N2/c1-10-4-6-11(7-5-10)13(14)12-3-2-8-15-9-12/h2-9,13H,14H2,1H3. The van der Waals surface area contributed by atoms with Crippen LogP contribution in [0.1, 0.15) is 22.7 Å². The monoisotopic (exact) mass is 198 g/mol. The van der Waals surface area contributed by atoms with Crippen LogP contribution in [0.25, 0.3) is 0 Å². The molecule has 1 heterocycles. The van der Waals surface area contributed by atoms with E-state index in [1.165, 1.54) is 5.56 Å². The first kappa shape index (κ1) is 9.87. The summed E-state index contributed by atoms with van der Waals surface area (Å²) in [6, 6.07) is 12.1. The second kappa shape index (κ2) is 4.24. The number of benzene rings is 1. The summed E-state index contributed by atoms with van der Waals surface area (Å²) >= 11 is 0. The molecule has 0 saturated heterocycles. The molecule has 15 heavy (non-hydrogen) atoms. The molecule has 2 heteroatoms. The molecule has 0 spiro atoms. The van der Waals surface area contributed by atoms with Gasteiger partial charge in [0.25, 0.3) is 0 Å². The van der Waals surface area contributed by atoms with Crippen molar-refractivity contribution in [3.8, 4) is 0 Å². The molecule has 2 N–H and O–H groups in total. The van der Waals surface area contributed by atoms with Gasteiger partial charge in [-0.05, 0) is 24.1 Å². The maximum absolute atomic E-state index is 6.13. The molecule has 2 aromatic rings. The van der Waals surface area contributed by atoms with Crippen LogP contribution in [-0.2, 0) is 0 Å². The van der Waals surface area contributed by atoms with Crippen molar-refractivity contribution in [2.45, 2.75) is 13.0 Å². The predicted octanol–water partition coefficient (Wildman–Crippen LogP) is 2.44. The fourth-order valence-corrected chi connectivity index (χ4v) is 1.53. The maximum atomic E-state index is 6.13. The Bertz CT molecular complexity index is 420. The third-order valence-corrected chi connectivity index (χ3v) is 2.48. The summed E-state index contributed by atoms with van der Waals surface area (Å²) in [7, 11) is 0. The Kier molecular flexibility index (Phi) is 2.79. The molecule has 0 aliphatic carbocycles. The number of hydrogen-bond donors (Lipinski definition) is 1. The van der Waals surface area contributed by atoms with Crippen LogP contribution in [-0.4, -0.2) is 4.98 Å². The molecule has 1 aromatic carbocycles. The van der Waals surface area contributed by atoms with E-state index in [1.54, 1.807) is 6.20 Å². The zero-order valence-electron chi connectivity index (χ0n) is 8.72. The summed E-state index contributed by atoms with van der Waals surface area (Å²) in [5, 5.41) is 0. The van der Waals surface area contributed by atoms with Crippen molar-refractivity contribution >= 4 is 0 Å². The third kappa shape index (κ3) is 2.22. The number of aryl methyl sites for hydroxylation is 1. The summed E-state index contributed by atoms with van der Waals surface area (Å²) in [4.78, 5) is 4.07. The molecular formula is C13H14N2. The van der Waals surface area contributed by atoms with Crippen LogP contribution in [0.4, 0.5) is 0 Å². The summed E-state index contributed by atoms with van der Waals surface area (Å²) < 4.78 is 0. The van der Waals surface area contributed by atoms with Crippen LogP contribution in [0.5, 0.6) is 0 Å². The van der Waals surface area contributed by atoms with Crippen molar-refractivity contribution in [3.63, 3.8) is 0 Å². The Morgan fingerprint density at radius 2 is 1.80 bits per heavy atom. The molecule has 0 radical (unpaired) electrons. The van der Waals surface area contributed by atoms with Crippen molar-refractivity contribution in [2.24, 2.45) is 5.73 Å². The highest BCUT2D eigenvalue weighted by molar-refractivity contribution is 5.31. The summed E-state index contributed by atoms with van der Waals surface area (Å²) in [6.07, 6.45) is 3.57. The molecule has 0 aliphatic rings. The smallest absolute Gasteiger partial charge is 0.0566 e. The van der Waals surface area contributed by atoms with Gasteiger partial charge in [-0.2, -0.15) is 0 Å². The third-order valence-electron chi connectivity index (χ3n) is 2.48. The molecule has 1 atom stereocenters. The predicted molar refractivity (Wildman–Crippen MR) is 61.4 cm³/mol. The van der Waals surface area contributed by atoms with E-state index in [1.807, 2.05) is 18.3 Å². The van der Waals surface area contributed by atoms with Gasteiger partial charge in [0.15, 0.2) is 0 Å². The van der Waals surface area contributed by atoms with Gasteiger partial charge in [-0.15, -0.1) is 0 Å². The minimum Gasteiger partial charge on any atom is -0.320 e. The van der Waals surface area contributed by atoms with Crippen LogP contribution in [0.3, 0.4) is 0 Å². The van der Waals surface area contributed by atoms with Crippen molar-refractivity contribution < 1.29 is 0 Å². The van der Waals surface area contributed by atoms with Gasteiger partial charge in [0, 0.05) is 12.4 Å². The average molecular weight is 198 g/mol. The number of nitrogens with two attached hydrogens (primary N) is 1. The Labute approximate surface area is 89.8 Å². The molecule has 2 nitrogen and oxygen atoms in total. The fraction of sp³-hybridized carbons (Fsp3) is 0.154. The first-order valence-electron chi connectivity index (χ1n) is 4.99. The molecule has 0 bridgehead atoms. The molecule has 1 aromatic heterocycles. The highest BCUT2D eigenvalue weighted by Crippen LogP contribution is 2.18. The van der Waals surface area contributed by atoms with Gasteiger partial charge in [-0.25, -0.2) is 0 Å². The van der Waals surface area contributed by atoms with Gasteiger partial charge < -0.3 is 5.73 Å². The second-order valence-corrected chi connectivity index (χ2v) is 3.67. The van der Waals surface area contributed by atoms with Crippen molar-refractivity contribution in [3.05, 3.63) is 65.5 Å². The van der Waals surface area contributed by atoms with E-state index >= 15 is 0 Å². The molecular weight excluding hydrogens is 184 g/mol. The van der Waals surface area contributed by atoms with Crippen molar-refractivity contribution in [1.82, 2.24) is 4.98 Å². The fourth-order valence-electron chi connectivity index (χ4n) is 1.53. The first-order valence-corrected chi connectivity index (χ1v) is 4.99. The van der Waals surface area contributed by atoms with Crippen LogP contribution in [0.15, 0.2) is 48.8 Å². The second-order valence-electron chi connectivity index (χ2n) is 3.67. The quantitative estimate of drug-likeness (QED) is 0.805. The van der Waals surface area contributed by atoms with Crippen LogP contribution in [0, 0.1) is 6.92 Å². The molecule has 0 amide bonds. The zero-order valence-corrected chi connectivity index (χ0v) is 8.72. The van der Waals surface area contributed by atoms with Crippen molar-refractivity contribution in [2.75, 3.05) is 0 Å². The topological polar surface area (TPSA) is 38.9 Å². The summed E-state index contributed by atoms with van der Waals surface area (Å²) in [5.74, 6) is 0. The number of rotatable bonds is 2. The van der Waals surface area contributed by atoms with Gasteiger partial charge in [-0.1, -0.05) is 35.9 Å². The van der Waals surface area contributed by atoms with Gasteiger partial charge in [0.1, 0.15) is 0 Å². The summed E-state index contributed by atoms with van der Waals surface area (Å²) in [5.41, 5.74) is 9.54. The van der Waals surface area contributed by atoms with Crippen LogP contribution >= 0.6 is 0 Å². The van der Waals surface area contributed by atoms with Gasteiger partial charge in [0.05, 0.1) is 6.04 Å². The Morgan fingerprint density at radius 1 is 1.07 bits per heavy atom. The first-order chi connectivity index (χ1) is 7.27. The number of hydrogen-bond acceptors (Lipinski definition) is 2. The van der Waals surface area contributed by atoms with Gasteiger partial charge in [-0.3, -0.25) is 4.98 Å². The van der Waals surface area contributed by atoms with Crippen LogP contribution in [0.2, 0.25) is 0 Å². The van der Waals surface area contributed by atoms with E-state index in [9.17, 15) is 0 Å². The highest BCUT2D eigenvalue weighted by atomic mass is 14.7. The van der Waals surface area contributed by atoms with E-state index in [-0.39, 0.29) is 6.04 Å². The molecule has 0 aliphatic heterocycles. The Hall–Kier alpha value is -1.67.